The van der Waals surface area contributed by atoms with Gasteiger partial charge in [-0.2, -0.15) is 0 Å². The number of para-hydroxylation sites is 1. The fourth-order valence-electron chi connectivity index (χ4n) is 3.84. The number of ketones is 1. The minimum atomic E-state index is -0.704. The normalized spacial score (nSPS) is 18.0. The van der Waals surface area contributed by atoms with E-state index in [1.807, 2.05) is 30.5 Å². The van der Waals surface area contributed by atoms with Crippen LogP contribution in [0.2, 0.25) is 0 Å². The second kappa shape index (κ2) is 7.22. The first-order chi connectivity index (χ1) is 14.6. The first-order valence-corrected chi connectivity index (χ1v) is 9.70. The number of nitrogens with one attached hydrogen (secondary N) is 2. The number of ether oxygens (including phenoxy) is 2. The minimum Gasteiger partial charge on any atom is -0.486 e. The van der Waals surface area contributed by atoms with Crippen LogP contribution in [0, 0.1) is 0 Å². The molecule has 0 aliphatic carbocycles. The van der Waals surface area contributed by atoms with Crippen molar-refractivity contribution in [3.05, 3.63) is 59.8 Å². The van der Waals surface area contributed by atoms with Gasteiger partial charge in [0.15, 0.2) is 17.3 Å². The lowest BCUT2D eigenvalue weighted by Gasteiger charge is -2.19. The minimum absolute atomic E-state index is 0.325. The van der Waals surface area contributed by atoms with Gasteiger partial charge < -0.3 is 19.8 Å². The van der Waals surface area contributed by atoms with E-state index in [4.69, 9.17) is 9.47 Å². The molecule has 1 saturated heterocycles. The molecule has 0 radical (unpaired) electrons. The van der Waals surface area contributed by atoms with Crippen LogP contribution in [0.4, 0.5) is 4.79 Å². The number of nitrogens with zero attached hydrogens (tertiary/aromatic N) is 1. The Bertz CT molecular complexity index is 1170. The zero-order valence-corrected chi connectivity index (χ0v) is 16.0. The van der Waals surface area contributed by atoms with Crippen molar-refractivity contribution >= 4 is 28.6 Å². The summed E-state index contributed by atoms with van der Waals surface area (Å²) in [5.41, 5.74) is 2.26. The number of hydrogen-bond donors (Lipinski definition) is 2. The molecule has 5 rings (SSSR count). The lowest BCUT2D eigenvalue weighted by Crippen LogP contribution is -2.36. The van der Waals surface area contributed by atoms with E-state index in [0.29, 0.717) is 36.7 Å². The lowest BCUT2D eigenvalue weighted by atomic mass is 10.0. The van der Waals surface area contributed by atoms with Crippen LogP contribution >= 0.6 is 0 Å². The third-order valence-corrected chi connectivity index (χ3v) is 5.37. The van der Waals surface area contributed by atoms with E-state index in [9.17, 15) is 14.4 Å². The second-order valence-corrected chi connectivity index (χ2v) is 7.27. The predicted octanol–water partition coefficient (Wildman–Crippen LogP) is 2.28. The van der Waals surface area contributed by atoms with Crippen LogP contribution in [0.15, 0.2) is 48.7 Å². The highest BCUT2D eigenvalue weighted by Crippen LogP contribution is 2.31. The Hall–Kier alpha value is -3.81. The zero-order valence-electron chi connectivity index (χ0n) is 16.0. The summed E-state index contributed by atoms with van der Waals surface area (Å²) in [4.78, 5) is 42.0. The maximum absolute atomic E-state index is 12.8. The number of hydrogen-bond acceptors (Lipinski definition) is 5. The molecule has 1 atom stereocenters. The molecule has 1 aromatic heterocycles. The van der Waals surface area contributed by atoms with Gasteiger partial charge in [0.1, 0.15) is 19.3 Å². The summed E-state index contributed by atoms with van der Waals surface area (Å²) < 4.78 is 11.0. The van der Waals surface area contributed by atoms with Crippen molar-refractivity contribution in [3.63, 3.8) is 0 Å². The molecule has 2 N–H and O–H groups in total. The molecule has 3 heterocycles. The summed E-state index contributed by atoms with van der Waals surface area (Å²) >= 11 is 0. The molecule has 3 amide bonds. The molecule has 8 nitrogen and oxygen atoms in total. The van der Waals surface area contributed by atoms with Crippen molar-refractivity contribution in [1.82, 2.24) is 15.2 Å². The van der Waals surface area contributed by atoms with E-state index < -0.39 is 18.0 Å². The predicted molar refractivity (Wildman–Crippen MR) is 108 cm³/mol. The molecule has 30 heavy (non-hydrogen) atoms. The Balaban J connectivity index is 1.30. The number of aromatic amines is 1. The molecule has 2 aromatic carbocycles. The average Bonchev–Trinajstić information content (AvgIpc) is 3.29. The van der Waals surface area contributed by atoms with Crippen molar-refractivity contribution in [2.24, 2.45) is 0 Å². The quantitative estimate of drug-likeness (QED) is 0.501. The number of amides is 3. The molecule has 1 fully saturated rings. The number of carbonyl (C=O) groups excluding carboxylic acids is 3. The van der Waals surface area contributed by atoms with Crippen molar-refractivity contribution in [2.45, 2.75) is 12.5 Å². The van der Waals surface area contributed by atoms with Gasteiger partial charge in [-0.15, -0.1) is 0 Å². The molecule has 0 bridgehead atoms. The molecule has 0 saturated carbocycles. The van der Waals surface area contributed by atoms with Crippen molar-refractivity contribution in [3.8, 4) is 11.5 Å². The topological polar surface area (TPSA) is 101 Å². The number of imide groups is 1. The third kappa shape index (κ3) is 3.16. The number of benzene rings is 2. The third-order valence-electron chi connectivity index (χ3n) is 5.37. The molecule has 2 aliphatic rings. The van der Waals surface area contributed by atoms with Gasteiger partial charge in [0, 0.05) is 29.1 Å². The molecule has 0 unspecified atom stereocenters. The van der Waals surface area contributed by atoms with Gasteiger partial charge in [0.05, 0.1) is 6.54 Å². The van der Waals surface area contributed by atoms with E-state index >= 15 is 0 Å². The number of urea groups is 1. The molecule has 3 aromatic rings. The average molecular weight is 405 g/mol. The fraction of sp³-hybridized carbons (Fsp3) is 0.227. The van der Waals surface area contributed by atoms with E-state index in [1.165, 1.54) is 0 Å². The Kier molecular flexibility index (Phi) is 4.39. The summed E-state index contributed by atoms with van der Waals surface area (Å²) in [5, 5.41) is 3.70. The Morgan fingerprint density at radius 1 is 1.07 bits per heavy atom. The maximum atomic E-state index is 12.8. The highest BCUT2D eigenvalue weighted by Gasteiger charge is 2.39. The van der Waals surface area contributed by atoms with E-state index in [0.717, 1.165) is 21.4 Å². The largest absolute Gasteiger partial charge is 0.486 e. The van der Waals surface area contributed by atoms with E-state index in [-0.39, 0.29) is 12.3 Å². The first kappa shape index (κ1) is 18.2. The molecular formula is C22H19N3O5. The van der Waals surface area contributed by atoms with Crippen LogP contribution < -0.4 is 14.8 Å². The van der Waals surface area contributed by atoms with Gasteiger partial charge in [-0.25, -0.2) is 4.79 Å². The Morgan fingerprint density at radius 2 is 1.87 bits per heavy atom. The van der Waals surface area contributed by atoms with Crippen LogP contribution in [0.1, 0.15) is 15.9 Å². The number of fused-ring (bicyclic) bond motifs is 2. The lowest BCUT2D eigenvalue weighted by molar-refractivity contribution is -0.127. The highest BCUT2D eigenvalue weighted by molar-refractivity contribution is 6.09. The second-order valence-electron chi connectivity index (χ2n) is 7.27. The summed E-state index contributed by atoms with van der Waals surface area (Å²) in [6.07, 6.45) is 2.19. The molecular weight excluding hydrogens is 386 g/mol. The van der Waals surface area contributed by atoms with Crippen molar-refractivity contribution in [1.29, 1.82) is 0 Å². The molecule has 152 valence electrons. The summed E-state index contributed by atoms with van der Waals surface area (Å²) in [7, 11) is 0. The Labute approximate surface area is 171 Å². The van der Waals surface area contributed by atoms with E-state index in [1.54, 1.807) is 18.2 Å². The molecule has 2 aliphatic heterocycles. The maximum Gasteiger partial charge on any atom is 0.325 e. The first-order valence-electron chi connectivity index (χ1n) is 9.70. The molecule has 8 heteroatoms. The van der Waals surface area contributed by atoms with Gasteiger partial charge in [-0.3, -0.25) is 14.5 Å². The van der Waals surface area contributed by atoms with E-state index in [2.05, 4.69) is 10.3 Å². The smallest absolute Gasteiger partial charge is 0.325 e. The van der Waals surface area contributed by atoms with Gasteiger partial charge in [-0.1, -0.05) is 18.2 Å². The van der Waals surface area contributed by atoms with Crippen LogP contribution in [0.3, 0.4) is 0 Å². The summed E-state index contributed by atoms with van der Waals surface area (Å²) in [5.74, 6) is 0.312. The number of rotatable bonds is 5. The highest BCUT2D eigenvalue weighted by atomic mass is 16.6. The van der Waals surface area contributed by atoms with Gasteiger partial charge in [0.25, 0.3) is 5.91 Å². The van der Waals surface area contributed by atoms with Crippen molar-refractivity contribution < 1.29 is 23.9 Å². The van der Waals surface area contributed by atoms with Crippen LogP contribution in [-0.2, 0) is 11.2 Å². The van der Waals surface area contributed by atoms with Crippen LogP contribution in [0.25, 0.3) is 10.9 Å². The van der Waals surface area contributed by atoms with Gasteiger partial charge in [0.2, 0.25) is 0 Å². The van der Waals surface area contributed by atoms with Crippen LogP contribution in [0.5, 0.6) is 11.5 Å². The zero-order chi connectivity index (χ0) is 20.7. The summed E-state index contributed by atoms with van der Waals surface area (Å²) in [6.45, 7) is 0.544. The molecule has 0 spiro atoms. The van der Waals surface area contributed by atoms with Crippen molar-refractivity contribution in [2.75, 3.05) is 19.8 Å². The number of Topliss-reactive ketones (excluding diaryl/α,β-unsaturated/α-hetero) is 1. The van der Waals surface area contributed by atoms with Crippen LogP contribution in [-0.4, -0.2) is 53.4 Å². The number of H-pyrrole nitrogens is 1. The SMILES string of the molecule is O=C(CN1C(=O)N[C@H](Cc2c[nH]c3ccccc23)C1=O)c1ccc2c(c1)OCCO2. The number of aromatic nitrogens is 1. The number of carbonyl (C=O) groups is 3. The Morgan fingerprint density at radius 3 is 2.73 bits per heavy atom. The monoisotopic (exact) mass is 405 g/mol. The standard InChI is InChI=1S/C22H19N3O5/c26-18(13-5-6-19-20(10-13)30-8-7-29-19)12-25-21(27)17(24-22(25)28)9-14-11-23-16-4-2-1-3-15(14)16/h1-6,10-11,17,23H,7-9,12H2,(H,24,28)/t17-/m1/s1. The summed E-state index contributed by atoms with van der Waals surface area (Å²) in [6, 6.07) is 11.4. The fourth-order valence-corrected chi connectivity index (χ4v) is 3.84. The van der Waals surface area contributed by atoms with Gasteiger partial charge in [-0.05, 0) is 29.8 Å². The van der Waals surface area contributed by atoms with Gasteiger partial charge >= 0.3 is 6.03 Å².